The lowest BCUT2D eigenvalue weighted by atomic mass is 10.3. The lowest BCUT2D eigenvalue weighted by Gasteiger charge is -2.07. The molecule has 0 heterocycles. The maximum absolute atomic E-state index is 11.9. The number of amides is 1. The number of nitrogens with two attached hydrogens (primary N) is 1. The number of nitrogens with one attached hydrogen (secondary N) is 1. The Bertz CT molecular complexity index is 679. The molecule has 7 heteroatoms. The van der Waals surface area contributed by atoms with Crippen LogP contribution in [0.5, 0.6) is 0 Å². The highest BCUT2D eigenvalue weighted by atomic mass is 35.5. The Hall–Kier alpha value is -1.07. The van der Waals surface area contributed by atoms with E-state index in [9.17, 15) is 4.79 Å². The third-order valence-corrected chi connectivity index (χ3v) is 4.61. The fraction of sp³-hybridized carbons (Fsp3) is 0.0714. The van der Waals surface area contributed by atoms with Crippen molar-refractivity contribution in [3.63, 3.8) is 0 Å². The first-order chi connectivity index (χ1) is 9.95. The van der Waals surface area contributed by atoms with Crippen molar-refractivity contribution in [3.05, 3.63) is 51.5 Å². The predicted molar refractivity (Wildman–Crippen MR) is 91.7 cm³/mol. The van der Waals surface area contributed by atoms with Gasteiger partial charge in [0.1, 0.15) is 0 Å². The van der Waals surface area contributed by atoms with Gasteiger partial charge in [0.15, 0.2) is 0 Å². The fourth-order valence-corrected chi connectivity index (χ4v) is 2.80. The van der Waals surface area contributed by atoms with E-state index < -0.39 is 0 Å². The molecule has 2 rings (SSSR count). The van der Waals surface area contributed by atoms with Crippen LogP contribution in [0.1, 0.15) is 0 Å². The van der Waals surface area contributed by atoms with Crippen LogP contribution in [0, 0.1) is 0 Å². The van der Waals surface area contributed by atoms with Crippen molar-refractivity contribution in [2.24, 2.45) is 0 Å². The largest absolute Gasteiger partial charge is 0.398 e. The van der Waals surface area contributed by atoms with Crippen LogP contribution in [-0.4, -0.2) is 11.7 Å². The van der Waals surface area contributed by atoms with Gasteiger partial charge in [0.25, 0.3) is 0 Å². The molecule has 0 atom stereocenters. The zero-order chi connectivity index (χ0) is 15.4. The minimum absolute atomic E-state index is 0.147. The molecule has 3 N–H and O–H groups in total. The molecule has 0 aliphatic heterocycles. The van der Waals surface area contributed by atoms with E-state index >= 15 is 0 Å². The van der Waals surface area contributed by atoms with E-state index in [-0.39, 0.29) is 11.7 Å². The summed E-state index contributed by atoms with van der Waals surface area (Å²) in [5, 5.41) is 4.06. The van der Waals surface area contributed by atoms with E-state index in [4.69, 9.17) is 40.5 Å². The van der Waals surface area contributed by atoms with Crippen LogP contribution >= 0.6 is 46.6 Å². The van der Waals surface area contributed by atoms with E-state index in [1.54, 1.807) is 30.3 Å². The molecular weight excluding hydrogens is 351 g/mol. The number of carbonyl (C=O) groups excluding carboxylic acids is 1. The third kappa shape index (κ3) is 4.71. The minimum Gasteiger partial charge on any atom is -0.398 e. The highest BCUT2D eigenvalue weighted by Gasteiger charge is 2.06. The summed E-state index contributed by atoms with van der Waals surface area (Å²) in [5.41, 5.74) is 6.75. The molecule has 0 radical (unpaired) electrons. The molecule has 0 bridgehead atoms. The van der Waals surface area contributed by atoms with Gasteiger partial charge in [0.05, 0.1) is 26.5 Å². The number of carbonyl (C=O) groups is 1. The molecule has 0 fully saturated rings. The van der Waals surface area contributed by atoms with Gasteiger partial charge in [-0.05, 0) is 36.4 Å². The first kappa shape index (κ1) is 16.3. The Labute approximate surface area is 141 Å². The minimum atomic E-state index is -0.147. The Morgan fingerprint density at radius 1 is 1.05 bits per heavy atom. The molecular formula is C14H11Cl3N2OS. The van der Waals surface area contributed by atoms with Crippen LogP contribution in [0.25, 0.3) is 0 Å². The van der Waals surface area contributed by atoms with Crippen molar-refractivity contribution in [3.8, 4) is 0 Å². The molecule has 3 nitrogen and oxygen atoms in total. The molecule has 2 aromatic rings. The number of nitrogen functional groups attached to an aromatic ring is 1. The SMILES string of the molecule is Nc1ccc(SCC(=O)Nc2ccc(Cl)c(Cl)c2)cc1Cl. The second-order valence-electron chi connectivity index (χ2n) is 4.15. The van der Waals surface area contributed by atoms with Gasteiger partial charge >= 0.3 is 0 Å². The van der Waals surface area contributed by atoms with Crippen LogP contribution in [0.15, 0.2) is 41.3 Å². The molecule has 0 spiro atoms. The van der Waals surface area contributed by atoms with Gasteiger partial charge in [-0.15, -0.1) is 11.8 Å². The zero-order valence-corrected chi connectivity index (χ0v) is 13.8. The van der Waals surface area contributed by atoms with Gasteiger partial charge in [-0.2, -0.15) is 0 Å². The van der Waals surface area contributed by atoms with Gasteiger partial charge in [-0.25, -0.2) is 0 Å². The zero-order valence-electron chi connectivity index (χ0n) is 10.7. The number of anilines is 2. The summed E-state index contributed by atoms with van der Waals surface area (Å²) in [7, 11) is 0. The molecule has 0 saturated heterocycles. The molecule has 1 amide bonds. The van der Waals surface area contributed by atoms with Gasteiger partial charge in [0, 0.05) is 10.6 Å². The number of halogens is 3. The van der Waals surface area contributed by atoms with Crippen molar-refractivity contribution in [2.75, 3.05) is 16.8 Å². The van der Waals surface area contributed by atoms with Crippen molar-refractivity contribution >= 4 is 63.8 Å². The van der Waals surface area contributed by atoms with Crippen LogP contribution in [0.2, 0.25) is 15.1 Å². The molecule has 21 heavy (non-hydrogen) atoms. The van der Waals surface area contributed by atoms with E-state index in [1.165, 1.54) is 11.8 Å². The smallest absolute Gasteiger partial charge is 0.234 e. The normalized spacial score (nSPS) is 10.4. The van der Waals surface area contributed by atoms with Gasteiger partial charge in [-0.3, -0.25) is 4.79 Å². The summed E-state index contributed by atoms with van der Waals surface area (Å²) in [5.74, 6) is 0.104. The third-order valence-electron chi connectivity index (χ3n) is 2.55. The summed E-state index contributed by atoms with van der Waals surface area (Å²) in [6.45, 7) is 0. The maximum Gasteiger partial charge on any atom is 0.234 e. The van der Waals surface area contributed by atoms with E-state index in [1.807, 2.05) is 6.07 Å². The van der Waals surface area contributed by atoms with Crippen molar-refractivity contribution < 1.29 is 4.79 Å². The molecule has 0 aliphatic rings. The van der Waals surface area contributed by atoms with Crippen molar-refractivity contribution in [1.29, 1.82) is 0 Å². The number of rotatable bonds is 4. The highest BCUT2D eigenvalue weighted by Crippen LogP contribution is 2.27. The summed E-state index contributed by atoms with van der Waals surface area (Å²) >= 11 is 19.0. The highest BCUT2D eigenvalue weighted by molar-refractivity contribution is 8.00. The monoisotopic (exact) mass is 360 g/mol. The Balaban J connectivity index is 1.92. The Morgan fingerprint density at radius 2 is 1.81 bits per heavy atom. The summed E-state index contributed by atoms with van der Waals surface area (Å²) < 4.78 is 0. The maximum atomic E-state index is 11.9. The standard InChI is InChI=1S/C14H11Cl3N2OS/c15-10-3-1-8(5-11(10)16)19-14(20)7-21-9-2-4-13(18)12(17)6-9/h1-6H,7,18H2,(H,19,20). The summed E-state index contributed by atoms with van der Waals surface area (Å²) in [6, 6.07) is 10.2. The van der Waals surface area contributed by atoms with E-state index in [0.717, 1.165) is 4.90 Å². The van der Waals surface area contributed by atoms with Crippen LogP contribution < -0.4 is 11.1 Å². The summed E-state index contributed by atoms with van der Waals surface area (Å²) in [4.78, 5) is 12.7. The van der Waals surface area contributed by atoms with E-state index in [0.29, 0.717) is 26.4 Å². The van der Waals surface area contributed by atoms with Crippen LogP contribution in [0.4, 0.5) is 11.4 Å². The molecule has 2 aromatic carbocycles. The lowest BCUT2D eigenvalue weighted by molar-refractivity contribution is -0.113. The second kappa shape index (κ2) is 7.27. The molecule has 0 aromatic heterocycles. The molecule has 0 aliphatic carbocycles. The van der Waals surface area contributed by atoms with Gasteiger partial charge < -0.3 is 11.1 Å². The number of thioether (sulfide) groups is 1. The van der Waals surface area contributed by atoms with Gasteiger partial charge in [-0.1, -0.05) is 34.8 Å². The number of benzene rings is 2. The topological polar surface area (TPSA) is 55.1 Å². The molecule has 0 saturated carbocycles. The Kier molecular flexibility index (Phi) is 5.65. The summed E-state index contributed by atoms with van der Waals surface area (Å²) in [6.07, 6.45) is 0. The van der Waals surface area contributed by atoms with Gasteiger partial charge in [0.2, 0.25) is 5.91 Å². The lowest BCUT2D eigenvalue weighted by Crippen LogP contribution is -2.13. The van der Waals surface area contributed by atoms with Crippen LogP contribution in [0.3, 0.4) is 0 Å². The quantitative estimate of drug-likeness (QED) is 0.598. The van der Waals surface area contributed by atoms with E-state index in [2.05, 4.69) is 5.32 Å². The number of hydrogen-bond donors (Lipinski definition) is 2. The average molecular weight is 362 g/mol. The second-order valence-corrected chi connectivity index (χ2v) is 6.42. The number of hydrogen-bond acceptors (Lipinski definition) is 3. The fourth-order valence-electron chi connectivity index (χ4n) is 1.52. The molecule has 0 unspecified atom stereocenters. The van der Waals surface area contributed by atoms with Crippen molar-refractivity contribution in [1.82, 2.24) is 0 Å². The predicted octanol–water partition coefficient (Wildman–Crippen LogP) is 4.96. The van der Waals surface area contributed by atoms with Crippen LogP contribution in [-0.2, 0) is 4.79 Å². The Morgan fingerprint density at radius 3 is 2.48 bits per heavy atom. The average Bonchev–Trinajstić information content (AvgIpc) is 2.44. The molecule has 110 valence electrons. The van der Waals surface area contributed by atoms with Crippen molar-refractivity contribution in [2.45, 2.75) is 4.90 Å². The first-order valence-electron chi connectivity index (χ1n) is 5.88. The first-order valence-corrected chi connectivity index (χ1v) is 8.00.